The summed E-state index contributed by atoms with van der Waals surface area (Å²) in [5.74, 6) is 0. The molecule has 3 aliphatic carbocycles. The molecule has 0 bridgehead atoms. The summed E-state index contributed by atoms with van der Waals surface area (Å²) in [7, 11) is 0. The van der Waals surface area contributed by atoms with Crippen LogP contribution >= 0.6 is 0 Å². The number of nitrogens with zero attached hydrogens (tertiary/aromatic N) is 1. The largest absolute Gasteiger partial charge is 0.456 e. The highest BCUT2D eigenvalue weighted by molar-refractivity contribution is 6.10. The van der Waals surface area contributed by atoms with Crippen LogP contribution in [0.25, 0.3) is 67.1 Å². The molecule has 0 amide bonds. The van der Waals surface area contributed by atoms with E-state index in [1.807, 2.05) is 0 Å². The van der Waals surface area contributed by atoms with Gasteiger partial charge in [0, 0.05) is 50.1 Å². The Labute approximate surface area is 358 Å². The van der Waals surface area contributed by atoms with Gasteiger partial charge >= 0.3 is 0 Å². The fraction of sp³-hybridized carbons (Fsp3) is 0.153. The first kappa shape index (κ1) is 36.0. The predicted octanol–water partition coefficient (Wildman–Crippen LogP) is 16.2. The van der Waals surface area contributed by atoms with E-state index in [1.165, 1.54) is 72.0 Å². The average molecular weight is 786 g/mol. The second-order valence-electron chi connectivity index (χ2n) is 19.0. The SMILES string of the molecule is CC1(C)C2=C(c3ccccc31)C(C)(C)c1cc(/C=C/c3ccc4c(c3)oc3cc(N(c5ccc6c(c5)C(C)(C)c5ccccc5-6)c5ccc6ccccc6c5)ccc34)ccc12. The maximum atomic E-state index is 6.74. The molecule has 12 rings (SSSR count). The molecule has 1 aromatic heterocycles. The minimum Gasteiger partial charge on any atom is -0.456 e. The quantitative estimate of drug-likeness (QED) is 0.162. The molecule has 9 aromatic rings. The monoisotopic (exact) mass is 785 g/mol. The highest BCUT2D eigenvalue weighted by Gasteiger charge is 2.49. The van der Waals surface area contributed by atoms with Crippen LogP contribution in [0.15, 0.2) is 168 Å². The van der Waals surface area contributed by atoms with Crippen LogP contribution in [0.1, 0.15) is 86.1 Å². The van der Waals surface area contributed by atoms with Gasteiger partial charge in [-0.2, -0.15) is 0 Å². The first-order chi connectivity index (χ1) is 29.5. The standard InChI is InChI=1S/C59H47NO/c1-57(2)49-17-11-9-15-43(49)44-29-25-41(34-52(44)57)60(40-24-23-38-13-7-8-14-39(38)33-40)42-26-30-46-45-27-21-37(32-53(45)61-54(46)35-42)20-19-36-22-28-48-51(31-36)59(5,6)55-47-16-10-12-18-50(47)58(3,4)56(48)55/h7-35H,1-6H3/b20-19+. The van der Waals surface area contributed by atoms with Crippen molar-refractivity contribution in [1.82, 2.24) is 0 Å². The Kier molecular flexibility index (Phi) is 7.41. The van der Waals surface area contributed by atoms with E-state index in [0.717, 1.165) is 44.6 Å². The highest BCUT2D eigenvalue weighted by Crippen LogP contribution is 2.62. The molecule has 8 aromatic carbocycles. The minimum atomic E-state index is -0.107. The zero-order valence-corrected chi connectivity index (χ0v) is 35.6. The van der Waals surface area contributed by atoms with Gasteiger partial charge < -0.3 is 9.32 Å². The third kappa shape index (κ3) is 5.15. The van der Waals surface area contributed by atoms with Gasteiger partial charge in [0.05, 0.1) is 0 Å². The number of anilines is 3. The van der Waals surface area contributed by atoms with Gasteiger partial charge in [-0.1, -0.05) is 163 Å². The van der Waals surface area contributed by atoms with Crippen molar-refractivity contribution in [2.75, 3.05) is 4.90 Å². The molecule has 3 aliphatic rings. The van der Waals surface area contributed by atoms with Crippen molar-refractivity contribution in [3.63, 3.8) is 0 Å². The van der Waals surface area contributed by atoms with Crippen molar-refractivity contribution >= 4 is 73.1 Å². The molecule has 0 unspecified atom stereocenters. The van der Waals surface area contributed by atoms with E-state index >= 15 is 0 Å². The fourth-order valence-corrected chi connectivity index (χ4v) is 11.3. The third-order valence-electron chi connectivity index (χ3n) is 14.4. The Morgan fingerprint density at radius 1 is 0.377 bits per heavy atom. The summed E-state index contributed by atoms with van der Waals surface area (Å²) in [5.41, 5.74) is 21.2. The van der Waals surface area contributed by atoms with Crippen LogP contribution in [0, 0.1) is 0 Å². The van der Waals surface area contributed by atoms with Gasteiger partial charge in [0.25, 0.3) is 0 Å². The Morgan fingerprint density at radius 2 is 0.869 bits per heavy atom. The van der Waals surface area contributed by atoms with Crippen molar-refractivity contribution in [3.8, 4) is 11.1 Å². The Bertz CT molecular complexity index is 3400. The van der Waals surface area contributed by atoms with Crippen LogP contribution in [0.5, 0.6) is 0 Å². The van der Waals surface area contributed by atoms with Crippen LogP contribution in [0.2, 0.25) is 0 Å². The van der Waals surface area contributed by atoms with Gasteiger partial charge in [0.2, 0.25) is 0 Å². The molecule has 0 N–H and O–H groups in total. The summed E-state index contributed by atoms with van der Waals surface area (Å²) in [6, 6.07) is 60.5. The van der Waals surface area contributed by atoms with Gasteiger partial charge in [-0.25, -0.2) is 0 Å². The summed E-state index contributed by atoms with van der Waals surface area (Å²) in [4.78, 5) is 2.38. The van der Waals surface area contributed by atoms with E-state index in [9.17, 15) is 0 Å². The van der Waals surface area contributed by atoms with E-state index in [2.05, 4.69) is 222 Å². The number of rotatable bonds is 5. The second-order valence-corrected chi connectivity index (χ2v) is 19.0. The minimum absolute atomic E-state index is 0.0186. The average Bonchev–Trinajstić information content (AvgIpc) is 3.91. The van der Waals surface area contributed by atoms with E-state index in [-0.39, 0.29) is 16.2 Å². The maximum Gasteiger partial charge on any atom is 0.137 e. The first-order valence-corrected chi connectivity index (χ1v) is 21.7. The maximum absolute atomic E-state index is 6.74. The molecule has 0 atom stereocenters. The Balaban J connectivity index is 0.902. The normalized spacial score (nSPS) is 16.3. The van der Waals surface area contributed by atoms with Gasteiger partial charge in [-0.15, -0.1) is 0 Å². The molecule has 0 saturated heterocycles. The van der Waals surface area contributed by atoms with Crippen LogP contribution in [-0.2, 0) is 16.2 Å². The number of fused-ring (bicyclic) bond motifs is 11. The van der Waals surface area contributed by atoms with E-state index in [1.54, 1.807) is 0 Å². The summed E-state index contributed by atoms with van der Waals surface area (Å²) < 4.78 is 6.74. The molecule has 2 heteroatoms. The lowest BCUT2D eigenvalue weighted by Crippen LogP contribution is -2.19. The zero-order valence-electron chi connectivity index (χ0n) is 35.6. The summed E-state index contributed by atoms with van der Waals surface area (Å²) >= 11 is 0. The lowest BCUT2D eigenvalue weighted by atomic mass is 9.75. The topological polar surface area (TPSA) is 16.4 Å². The molecule has 61 heavy (non-hydrogen) atoms. The van der Waals surface area contributed by atoms with Crippen LogP contribution in [0.3, 0.4) is 0 Å². The molecule has 0 fully saturated rings. The molecule has 1 heterocycles. The molecule has 0 radical (unpaired) electrons. The highest BCUT2D eigenvalue weighted by atomic mass is 16.3. The predicted molar refractivity (Wildman–Crippen MR) is 258 cm³/mol. The van der Waals surface area contributed by atoms with Crippen LogP contribution in [0.4, 0.5) is 17.1 Å². The van der Waals surface area contributed by atoms with E-state index in [4.69, 9.17) is 4.42 Å². The van der Waals surface area contributed by atoms with E-state index in [0.29, 0.717) is 0 Å². The molecular formula is C59H47NO. The Hall–Kier alpha value is -6.90. The van der Waals surface area contributed by atoms with Crippen LogP contribution < -0.4 is 4.90 Å². The number of hydrogen-bond acceptors (Lipinski definition) is 2. The summed E-state index contributed by atoms with van der Waals surface area (Å²) in [6.45, 7) is 14.3. The molecule has 0 saturated carbocycles. The lowest BCUT2D eigenvalue weighted by molar-refractivity contribution is 0.660. The van der Waals surface area contributed by atoms with Crippen molar-refractivity contribution < 1.29 is 4.42 Å². The fourth-order valence-electron chi connectivity index (χ4n) is 11.3. The van der Waals surface area contributed by atoms with Crippen molar-refractivity contribution in [3.05, 3.63) is 208 Å². The van der Waals surface area contributed by atoms with Crippen molar-refractivity contribution in [2.45, 2.75) is 57.8 Å². The smallest absolute Gasteiger partial charge is 0.137 e. The zero-order chi connectivity index (χ0) is 41.4. The van der Waals surface area contributed by atoms with Gasteiger partial charge in [-0.3, -0.25) is 0 Å². The number of hydrogen-bond donors (Lipinski definition) is 0. The van der Waals surface area contributed by atoms with Gasteiger partial charge in [0.1, 0.15) is 11.2 Å². The number of allylic oxidation sites excluding steroid dienone is 2. The lowest BCUT2D eigenvalue weighted by Gasteiger charge is -2.28. The van der Waals surface area contributed by atoms with Crippen molar-refractivity contribution in [1.29, 1.82) is 0 Å². The van der Waals surface area contributed by atoms with Gasteiger partial charge in [-0.05, 0) is 126 Å². The summed E-state index contributed by atoms with van der Waals surface area (Å²) in [6.07, 6.45) is 4.47. The van der Waals surface area contributed by atoms with Gasteiger partial charge in [0.15, 0.2) is 0 Å². The number of benzene rings is 8. The van der Waals surface area contributed by atoms with E-state index < -0.39 is 0 Å². The third-order valence-corrected chi connectivity index (χ3v) is 14.4. The van der Waals surface area contributed by atoms with Crippen molar-refractivity contribution in [2.24, 2.45) is 0 Å². The summed E-state index contributed by atoms with van der Waals surface area (Å²) in [5, 5.41) is 4.67. The molecule has 2 nitrogen and oxygen atoms in total. The molecular weight excluding hydrogens is 739 g/mol. The first-order valence-electron chi connectivity index (χ1n) is 21.7. The molecule has 294 valence electrons. The molecule has 0 aliphatic heterocycles. The number of furan rings is 1. The Morgan fingerprint density at radius 3 is 1.66 bits per heavy atom. The molecule has 0 spiro atoms. The van der Waals surface area contributed by atoms with Crippen LogP contribution in [-0.4, -0.2) is 0 Å². The second kappa shape index (κ2) is 12.6.